The average molecular weight is 275 g/mol. The molecule has 0 saturated heterocycles. The highest BCUT2D eigenvalue weighted by Gasteiger charge is 2.07. The summed E-state index contributed by atoms with van der Waals surface area (Å²) >= 11 is 0. The number of halogens is 2. The summed E-state index contributed by atoms with van der Waals surface area (Å²) in [5.74, 6) is -0.329. The molecule has 2 rings (SSSR count). The molecule has 2 aromatic rings. The topological polar surface area (TPSA) is 39.2 Å². The molecule has 0 spiro atoms. The molecule has 102 valence electrons. The van der Waals surface area contributed by atoms with Gasteiger partial charge in [-0.05, 0) is 35.9 Å². The van der Waals surface area contributed by atoms with Gasteiger partial charge in [0.1, 0.15) is 5.75 Å². The van der Waals surface area contributed by atoms with Crippen molar-refractivity contribution in [3.63, 3.8) is 0 Å². The SMILES string of the molecule is O=C(/C=C/c1ccncc1)c1cccc(OC(F)F)c1. The fraction of sp³-hybridized carbons (Fsp3) is 0.0667. The van der Waals surface area contributed by atoms with Crippen molar-refractivity contribution >= 4 is 11.9 Å². The van der Waals surface area contributed by atoms with E-state index in [0.717, 1.165) is 5.56 Å². The molecule has 0 fully saturated rings. The molecule has 20 heavy (non-hydrogen) atoms. The number of rotatable bonds is 5. The third kappa shape index (κ3) is 3.98. The van der Waals surface area contributed by atoms with Crippen LogP contribution in [-0.4, -0.2) is 17.4 Å². The summed E-state index contributed by atoms with van der Waals surface area (Å²) in [5, 5.41) is 0. The largest absolute Gasteiger partial charge is 0.435 e. The Bertz CT molecular complexity index is 612. The fourth-order valence-electron chi connectivity index (χ4n) is 1.57. The molecule has 0 aliphatic rings. The number of pyridine rings is 1. The van der Waals surface area contributed by atoms with Crippen molar-refractivity contribution in [3.8, 4) is 5.75 Å². The molecular formula is C15H11F2NO2. The van der Waals surface area contributed by atoms with Gasteiger partial charge in [0.15, 0.2) is 5.78 Å². The van der Waals surface area contributed by atoms with Gasteiger partial charge in [-0.1, -0.05) is 18.2 Å². The van der Waals surface area contributed by atoms with Gasteiger partial charge in [0.2, 0.25) is 0 Å². The second-order valence-corrected chi connectivity index (χ2v) is 3.88. The van der Waals surface area contributed by atoms with Gasteiger partial charge in [-0.15, -0.1) is 0 Å². The minimum Gasteiger partial charge on any atom is -0.435 e. The van der Waals surface area contributed by atoms with E-state index in [4.69, 9.17) is 0 Å². The van der Waals surface area contributed by atoms with Crippen LogP contribution in [0.15, 0.2) is 54.9 Å². The minimum absolute atomic E-state index is 0.0387. The van der Waals surface area contributed by atoms with Gasteiger partial charge in [0.05, 0.1) is 0 Å². The van der Waals surface area contributed by atoms with Gasteiger partial charge < -0.3 is 4.74 Å². The number of hydrogen-bond acceptors (Lipinski definition) is 3. The number of benzene rings is 1. The molecule has 1 aromatic carbocycles. The highest BCUT2D eigenvalue weighted by Crippen LogP contribution is 2.16. The summed E-state index contributed by atoms with van der Waals surface area (Å²) in [6, 6.07) is 9.18. The summed E-state index contributed by atoms with van der Waals surface area (Å²) in [6.45, 7) is -2.91. The van der Waals surface area contributed by atoms with E-state index in [1.54, 1.807) is 30.6 Å². The van der Waals surface area contributed by atoms with Crippen molar-refractivity contribution in [2.24, 2.45) is 0 Å². The first-order valence-electron chi connectivity index (χ1n) is 5.82. The highest BCUT2D eigenvalue weighted by molar-refractivity contribution is 6.07. The summed E-state index contributed by atoms with van der Waals surface area (Å²) < 4.78 is 28.4. The van der Waals surface area contributed by atoms with Crippen LogP contribution in [0.4, 0.5) is 8.78 Å². The summed E-state index contributed by atoms with van der Waals surface area (Å²) in [4.78, 5) is 15.8. The van der Waals surface area contributed by atoms with Crippen LogP contribution in [0.3, 0.4) is 0 Å². The Hall–Kier alpha value is -2.56. The van der Waals surface area contributed by atoms with E-state index in [1.807, 2.05) is 0 Å². The van der Waals surface area contributed by atoms with Crippen LogP contribution in [-0.2, 0) is 0 Å². The first kappa shape index (κ1) is 13.9. The van der Waals surface area contributed by atoms with Gasteiger partial charge in [0, 0.05) is 18.0 Å². The second kappa shape index (κ2) is 6.56. The maximum atomic E-state index is 12.1. The molecule has 1 heterocycles. The number of aromatic nitrogens is 1. The number of allylic oxidation sites excluding steroid dienone is 1. The van der Waals surface area contributed by atoms with Crippen LogP contribution < -0.4 is 4.74 Å². The van der Waals surface area contributed by atoms with Gasteiger partial charge in [-0.25, -0.2) is 0 Å². The van der Waals surface area contributed by atoms with Crippen molar-refractivity contribution in [2.75, 3.05) is 0 Å². The molecule has 0 atom stereocenters. The van der Waals surface area contributed by atoms with Crippen molar-refractivity contribution in [1.29, 1.82) is 0 Å². The number of nitrogens with zero attached hydrogens (tertiary/aromatic N) is 1. The third-order valence-corrected chi connectivity index (χ3v) is 2.48. The number of ketones is 1. The first-order valence-corrected chi connectivity index (χ1v) is 5.82. The predicted molar refractivity (Wildman–Crippen MR) is 70.7 cm³/mol. The van der Waals surface area contributed by atoms with Crippen LogP contribution in [0.2, 0.25) is 0 Å². The van der Waals surface area contributed by atoms with E-state index in [-0.39, 0.29) is 17.1 Å². The molecule has 0 bridgehead atoms. The van der Waals surface area contributed by atoms with Crippen LogP contribution in [0, 0.1) is 0 Å². The molecule has 3 nitrogen and oxygen atoms in total. The monoisotopic (exact) mass is 275 g/mol. The van der Waals surface area contributed by atoms with E-state index < -0.39 is 6.61 Å². The predicted octanol–water partition coefficient (Wildman–Crippen LogP) is 3.58. The molecule has 0 aliphatic carbocycles. The Kier molecular flexibility index (Phi) is 4.55. The van der Waals surface area contributed by atoms with Crippen molar-refractivity contribution < 1.29 is 18.3 Å². The average Bonchev–Trinajstić information content (AvgIpc) is 2.45. The molecule has 1 aromatic heterocycles. The van der Waals surface area contributed by atoms with Crippen LogP contribution in [0.25, 0.3) is 6.08 Å². The summed E-state index contributed by atoms with van der Waals surface area (Å²) in [6.07, 6.45) is 6.23. The van der Waals surface area contributed by atoms with Crippen molar-refractivity contribution in [1.82, 2.24) is 4.98 Å². The van der Waals surface area contributed by atoms with Crippen molar-refractivity contribution in [3.05, 3.63) is 66.0 Å². The molecule has 0 radical (unpaired) electrons. The highest BCUT2D eigenvalue weighted by atomic mass is 19.3. The first-order chi connectivity index (χ1) is 9.65. The van der Waals surface area contributed by atoms with E-state index >= 15 is 0 Å². The summed E-state index contributed by atoms with van der Waals surface area (Å²) in [5.41, 5.74) is 1.11. The zero-order valence-corrected chi connectivity index (χ0v) is 10.4. The maximum absolute atomic E-state index is 12.1. The maximum Gasteiger partial charge on any atom is 0.387 e. The lowest BCUT2D eigenvalue weighted by molar-refractivity contribution is -0.0498. The molecule has 0 amide bonds. The smallest absolute Gasteiger partial charge is 0.387 e. The minimum atomic E-state index is -2.91. The third-order valence-electron chi connectivity index (χ3n) is 2.48. The molecule has 0 saturated carbocycles. The molecule has 5 heteroatoms. The van der Waals surface area contributed by atoms with Crippen molar-refractivity contribution in [2.45, 2.75) is 6.61 Å². The Labute approximate surface area is 114 Å². The number of carbonyl (C=O) groups excluding carboxylic acids is 1. The lowest BCUT2D eigenvalue weighted by Gasteiger charge is -2.04. The molecule has 0 unspecified atom stereocenters. The quantitative estimate of drug-likeness (QED) is 0.618. The normalized spacial score (nSPS) is 10.9. The molecule has 0 N–H and O–H groups in total. The van der Waals surface area contributed by atoms with Gasteiger partial charge >= 0.3 is 6.61 Å². The number of ether oxygens (including phenoxy) is 1. The zero-order valence-electron chi connectivity index (χ0n) is 10.4. The number of carbonyl (C=O) groups is 1. The van der Waals surface area contributed by atoms with Gasteiger partial charge in [-0.2, -0.15) is 8.78 Å². The Morgan fingerprint density at radius 3 is 2.65 bits per heavy atom. The lowest BCUT2D eigenvalue weighted by Crippen LogP contribution is -2.03. The Morgan fingerprint density at radius 2 is 1.95 bits per heavy atom. The molecule has 0 aliphatic heterocycles. The lowest BCUT2D eigenvalue weighted by atomic mass is 10.1. The van der Waals surface area contributed by atoms with Crippen LogP contribution in [0.5, 0.6) is 5.75 Å². The van der Waals surface area contributed by atoms with E-state index in [9.17, 15) is 13.6 Å². The van der Waals surface area contributed by atoms with E-state index in [2.05, 4.69) is 9.72 Å². The van der Waals surface area contributed by atoms with Crippen LogP contribution >= 0.6 is 0 Å². The Morgan fingerprint density at radius 1 is 1.20 bits per heavy atom. The van der Waals surface area contributed by atoms with E-state index in [0.29, 0.717) is 0 Å². The van der Waals surface area contributed by atoms with E-state index in [1.165, 1.54) is 30.3 Å². The molecular weight excluding hydrogens is 264 g/mol. The van der Waals surface area contributed by atoms with Crippen LogP contribution in [0.1, 0.15) is 15.9 Å². The number of hydrogen-bond donors (Lipinski definition) is 0. The summed E-state index contributed by atoms with van der Waals surface area (Å²) in [7, 11) is 0. The van der Waals surface area contributed by atoms with Gasteiger partial charge in [0.25, 0.3) is 0 Å². The number of alkyl halides is 2. The fourth-order valence-corrected chi connectivity index (χ4v) is 1.57. The zero-order chi connectivity index (χ0) is 14.4. The standard InChI is InChI=1S/C15H11F2NO2/c16-15(17)20-13-3-1-2-12(10-13)14(19)5-4-11-6-8-18-9-7-11/h1-10,15H/b5-4+. The second-order valence-electron chi connectivity index (χ2n) is 3.88. The van der Waals surface area contributed by atoms with Gasteiger partial charge in [-0.3, -0.25) is 9.78 Å². The Balaban J connectivity index is 2.11.